The molecule has 0 aliphatic heterocycles. The average Bonchev–Trinajstić information content (AvgIpc) is 3.01. The fourth-order valence-corrected chi connectivity index (χ4v) is 2.76. The highest BCUT2D eigenvalue weighted by molar-refractivity contribution is 6.30. The van der Waals surface area contributed by atoms with Gasteiger partial charge in [0.1, 0.15) is 24.0 Å². The molecule has 3 rings (SSSR count). The minimum atomic E-state index is -0.601. The van der Waals surface area contributed by atoms with Crippen molar-refractivity contribution in [1.82, 2.24) is 0 Å². The molecule has 0 saturated carbocycles. The minimum Gasteiger partial charge on any atom is -0.488 e. The van der Waals surface area contributed by atoms with Crippen LogP contribution in [0, 0.1) is 11.6 Å². The number of allylic oxidation sites excluding steroid dienone is 2. The van der Waals surface area contributed by atoms with Gasteiger partial charge in [0, 0.05) is 22.2 Å². The molecule has 1 aliphatic rings. The minimum absolute atomic E-state index is 0.0496. The van der Waals surface area contributed by atoms with E-state index >= 15 is 0 Å². The van der Waals surface area contributed by atoms with Gasteiger partial charge >= 0.3 is 0 Å². The lowest BCUT2D eigenvalue weighted by atomic mass is 10.0. The van der Waals surface area contributed by atoms with Gasteiger partial charge in [-0.15, -0.1) is 0 Å². The molecule has 0 spiro atoms. The summed E-state index contributed by atoms with van der Waals surface area (Å²) in [4.78, 5) is 0. The number of rotatable bonds is 4. The normalized spacial score (nSPS) is 14.0. The maximum Gasteiger partial charge on any atom is 0.132 e. The highest BCUT2D eigenvalue weighted by Crippen LogP contribution is 2.35. The van der Waals surface area contributed by atoms with E-state index in [0.717, 1.165) is 30.9 Å². The van der Waals surface area contributed by atoms with Crippen LogP contribution in [0.2, 0.25) is 5.02 Å². The van der Waals surface area contributed by atoms with Crippen LogP contribution in [0.15, 0.2) is 42.5 Å². The summed E-state index contributed by atoms with van der Waals surface area (Å²) in [6.07, 6.45) is 5.33. The van der Waals surface area contributed by atoms with Crippen molar-refractivity contribution in [2.24, 2.45) is 0 Å². The Morgan fingerprint density at radius 2 is 1.95 bits per heavy atom. The monoisotopic (exact) mass is 320 g/mol. The van der Waals surface area contributed by atoms with Gasteiger partial charge in [-0.25, -0.2) is 8.78 Å². The first-order valence-electron chi connectivity index (χ1n) is 7.19. The van der Waals surface area contributed by atoms with Crippen molar-refractivity contribution >= 4 is 17.2 Å². The van der Waals surface area contributed by atoms with E-state index in [0.29, 0.717) is 16.3 Å². The van der Waals surface area contributed by atoms with E-state index in [1.165, 1.54) is 17.7 Å². The van der Waals surface area contributed by atoms with Crippen molar-refractivity contribution in [2.45, 2.75) is 25.9 Å². The van der Waals surface area contributed by atoms with Crippen LogP contribution in [0.3, 0.4) is 0 Å². The molecule has 0 bridgehead atoms. The van der Waals surface area contributed by atoms with Crippen molar-refractivity contribution in [1.29, 1.82) is 0 Å². The molecule has 22 heavy (non-hydrogen) atoms. The summed E-state index contributed by atoms with van der Waals surface area (Å²) in [6, 6.07) is 8.89. The number of ether oxygens (including phenoxy) is 1. The molecular formula is C18H15ClF2O. The van der Waals surface area contributed by atoms with Gasteiger partial charge in [0.25, 0.3) is 0 Å². The molecule has 0 atom stereocenters. The van der Waals surface area contributed by atoms with Gasteiger partial charge in [-0.05, 0) is 55.2 Å². The second-order valence-corrected chi connectivity index (χ2v) is 5.72. The summed E-state index contributed by atoms with van der Waals surface area (Å²) in [7, 11) is 0. The van der Waals surface area contributed by atoms with Crippen LogP contribution in [-0.2, 0) is 6.61 Å². The van der Waals surface area contributed by atoms with Crippen LogP contribution >= 0.6 is 11.6 Å². The van der Waals surface area contributed by atoms with Gasteiger partial charge in [0.05, 0.1) is 0 Å². The number of hydrogen-bond acceptors (Lipinski definition) is 1. The van der Waals surface area contributed by atoms with Gasteiger partial charge in [0.15, 0.2) is 0 Å². The van der Waals surface area contributed by atoms with Gasteiger partial charge in [-0.2, -0.15) is 0 Å². The van der Waals surface area contributed by atoms with E-state index in [1.54, 1.807) is 12.1 Å². The third-order valence-electron chi connectivity index (χ3n) is 3.73. The zero-order valence-corrected chi connectivity index (χ0v) is 12.7. The zero-order valence-electron chi connectivity index (χ0n) is 11.9. The molecule has 0 heterocycles. The summed E-state index contributed by atoms with van der Waals surface area (Å²) in [5.74, 6) is -0.526. The molecule has 2 aromatic carbocycles. The summed E-state index contributed by atoms with van der Waals surface area (Å²) < 4.78 is 32.3. The van der Waals surface area contributed by atoms with E-state index < -0.39 is 11.6 Å². The molecular weight excluding hydrogens is 306 g/mol. The molecule has 4 heteroatoms. The van der Waals surface area contributed by atoms with Crippen molar-refractivity contribution in [3.05, 3.63) is 70.3 Å². The lowest BCUT2D eigenvalue weighted by Crippen LogP contribution is -2.01. The van der Waals surface area contributed by atoms with E-state index in [1.807, 2.05) is 6.07 Å². The average molecular weight is 321 g/mol. The summed E-state index contributed by atoms with van der Waals surface area (Å²) in [5.41, 5.74) is 2.48. The summed E-state index contributed by atoms with van der Waals surface area (Å²) >= 11 is 6.07. The van der Waals surface area contributed by atoms with E-state index in [4.69, 9.17) is 16.3 Å². The molecule has 0 N–H and O–H groups in total. The summed E-state index contributed by atoms with van der Waals surface area (Å²) in [6.45, 7) is 0.0496. The van der Waals surface area contributed by atoms with E-state index in [-0.39, 0.29) is 6.61 Å². The van der Waals surface area contributed by atoms with Crippen LogP contribution in [0.4, 0.5) is 8.78 Å². The van der Waals surface area contributed by atoms with Gasteiger partial charge in [0.2, 0.25) is 0 Å². The second kappa shape index (κ2) is 6.49. The van der Waals surface area contributed by atoms with Crippen LogP contribution in [0.5, 0.6) is 5.75 Å². The molecule has 1 aliphatic carbocycles. The van der Waals surface area contributed by atoms with Gasteiger partial charge in [-0.1, -0.05) is 17.7 Å². The Morgan fingerprint density at radius 3 is 2.68 bits per heavy atom. The number of benzene rings is 2. The molecule has 2 aromatic rings. The van der Waals surface area contributed by atoms with E-state index in [9.17, 15) is 8.78 Å². The fourth-order valence-electron chi connectivity index (χ4n) is 2.59. The highest BCUT2D eigenvalue weighted by Gasteiger charge is 2.14. The molecule has 114 valence electrons. The largest absolute Gasteiger partial charge is 0.488 e. The van der Waals surface area contributed by atoms with Gasteiger partial charge < -0.3 is 4.74 Å². The predicted molar refractivity (Wildman–Crippen MR) is 84.0 cm³/mol. The van der Waals surface area contributed by atoms with Crippen LogP contribution in [-0.4, -0.2) is 0 Å². The van der Waals surface area contributed by atoms with Crippen molar-refractivity contribution in [3.63, 3.8) is 0 Å². The first-order chi connectivity index (χ1) is 10.6. The third-order valence-corrected chi connectivity index (χ3v) is 3.96. The number of halogens is 3. The topological polar surface area (TPSA) is 9.23 Å². The maximum atomic E-state index is 13.7. The highest BCUT2D eigenvalue weighted by atomic mass is 35.5. The Balaban J connectivity index is 1.83. The Labute approximate surface area is 133 Å². The van der Waals surface area contributed by atoms with Gasteiger partial charge in [-0.3, -0.25) is 0 Å². The van der Waals surface area contributed by atoms with Crippen molar-refractivity contribution in [3.8, 4) is 5.75 Å². The predicted octanol–water partition coefficient (Wildman–Crippen LogP) is 5.76. The molecule has 0 radical (unpaired) electrons. The molecule has 1 nitrogen and oxygen atoms in total. The Bertz CT molecular complexity index is 725. The first-order valence-corrected chi connectivity index (χ1v) is 7.57. The lowest BCUT2D eigenvalue weighted by molar-refractivity contribution is 0.298. The zero-order chi connectivity index (χ0) is 15.5. The number of hydrogen-bond donors (Lipinski definition) is 0. The smallest absolute Gasteiger partial charge is 0.132 e. The Kier molecular flexibility index (Phi) is 4.44. The van der Waals surface area contributed by atoms with Crippen molar-refractivity contribution in [2.75, 3.05) is 0 Å². The molecule has 0 amide bonds. The molecule has 0 unspecified atom stereocenters. The second-order valence-electron chi connectivity index (χ2n) is 5.29. The third kappa shape index (κ3) is 3.30. The van der Waals surface area contributed by atoms with Crippen LogP contribution < -0.4 is 4.74 Å². The SMILES string of the molecule is Fc1ccc(COc2ccc(Cl)cc2C2=CCCC2)c(F)c1. The molecule has 0 aromatic heterocycles. The van der Waals surface area contributed by atoms with E-state index in [2.05, 4.69) is 6.08 Å². The van der Waals surface area contributed by atoms with Crippen LogP contribution in [0.25, 0.3) is 5.57 Å². The first kappa shape index (κ1) is 15.0. The fraction of sp³-hybridized carbons (Fsp3) is 0.222. The lowest BCUT2D eigenvalue weighted by Gasteiger charge is -2.13. The Morgan fingerprint density at radius 1 is 1.09 bits per heavy atom. The standard InChI is InChI=1S/C18H15ClF2O/c19-14-6-8-18(16(9-14)12-3-1-2-4-12)22-11-13-5-7-15(20)10-17(13)21/h3,5-10H,1-2,4,11H2. The maximum absolute atomic E-state index is 13.7. The molecule has 0 saturated heterocycles. The molecule has 0 fully saturated rings. The Hall–Kier alpha value is -1.87. The quantitative estimate of drug-likeness (QED) is 0.695. The summed E-state index contributed by atoms with van der Waals surface area (Å²) in [5, 5.41) is 0.642. The van der Waals surface area contributed by atoms with Crippen molar-refractivity contribution < 1.29 is 13.5 Å². The van der Waals surface area contributed by atoms with Crippen LogP contribution in [0.1, 0.15) is 30.4 Å².